The number of likely N-dealkylation sites (tertiary alicyclic amines) is 1. The molecule has 1 saturated heterocycles. The highest BCUT2D eigenvalue weighted by Crippen LogP contribution is 2.37. The molecule has 40 heavy (non-hydrogen) atoms. The molecule has 4 heterocycles. The van der Waals surface area contributed by atoms with Crippen molar-refractivity contribution >= 4 is 38.4 Å². The Kier molecular flexibility index (Phi) is 7.86. The van der Waals surface area contributed by atoms with Crippen molar-refractivity contribution < 1.29 is 22.7 Å². The summed E-state index contributed by atoms with van der Waals surface area (Å²) in [5.41, 5.74) is 0.325. The van der Waals surface area contributed by atoms with Crippen LogP contribution in [0.5, 0.6) is 11.6 Å². The van der Waals surface area contributed by atoms with E-state index in [0.29, 0.717) is 40.1 Å². The number of carbonyl (C=O) groups excluding carboxylic acids is 1. The van der Waals surface area contributed by atoms with Crippen LogP contribution in [0.25, 0.3) is 21.5 Å². The summed E-state index contributed by atoms with van der Waals surface area (Å²) in [4.78, 5) is 30.6. The molecule has 0 radical (unpaired) electrons. The molecule has 1 fully saturated rings. The first-order valence-electron chi connectivity index (χ1n) is 12.8. The minimum Gasteiger partial charge on any atom is -0.437 e. The van der Waals surface area contributed by atoms with E-state index in [4.69, 9.17) is 4.74 Å². The summed E-state index contributed by atoms with van der Waals surface area (Å²) >= 11 is 1.31. The molecular weight excluding hydrogens is 543 g/mol. The highest BCUT2D eigenvalue weighted by Gasteiger charge is 2.34. The van der Waals surface area contributed by atoms with E-state index in [1.54, 1.807) is 18.2 Å². The summed E-state index contributed by atoms with van der Waals surface area (Å²) in [6, 6.07) is 9.18. The van der Waals surface area contributed by atoms with Crippen LogP contribution >= 0.6 is 11.3 Å². The summed E-state index contributed by atoms with van der Waals surface area (Å²) in [6.45, 7) is 8.18. The lowest BCUT2D eigenvalue weighted by molar-refractivity contribution is -0.141. The number of rotatable bonds is 8. The van der Waals surface area contributed by atoms with Gasteiger partial charge in [0.25, 0.3) is 0 Å². The lowest BCUT2D eigenvalue weighted by Gasteiger charge is -2.20. The molecule has 0 saturated carbocycles. The van der Waals surface area contributed by atoms with E-state index in [9.17, 15) is 18.0 Å². The molecule has 4 aromatic rings. The van der Waals surface area contributed by atoms with Gasteiger partial charge in [-0.2, -0.15) is 13.2 Å². The molecule has 1 aliphatic rings. The number of benzene rings is 1. The maximum absolute atomic E-state index is 13.6. The van der Waals surface area contributed by atoms with Crippen LogP contribution in [0.15, 0.2) is 42.7 Å². The van der Waals surface area contributed by atoms with Gasteiger partial charge in [0, 0.05) is 44.2 Å². The molecule has 210 valence electrons. The fraction of sp³-hybridized carbons (Fsp3) is 0.370. The van der Waals surface area contributed by atoms with Gasteiger partial charge in [-0.25, -0.2) is 19.9 Å². The van der Waals surface area contributed by atoms with Crippen molar-refractivity contribution in [2.45, 2.75) is 39.4 Å². The molecule has 2 N–H and O–H groups in total. The highest BCUT2D eigenvalue weighted by atomic mass is 32.1. The first-order valence-corrected chi connectivity index (χ1v) is 13.6. The molecule has 1 aromatic carbocycles. The van der Waals surface area contributed by atoms with Crippen LogP contribution in [0.3, 0.4) is 0 Å². The predicted molar refractivity (Wildman–Crippen MR) is 148 cm³/mol. The Hall–Kier alpha value is -3.84. The zero-order valence-electron chi connectivity index (χ0n) is 22.1. The molecule has 1 atom stereocenters. The summed E-state index contributed by atoms with van der Waals surface area (Å²) in [7, 11) is 0. The Balaban J connectivity index is 1.44. The van der Waals surface area contributed by atoms with Crippen LogP contribution in [0.1, 0.15) is 32.9 Å². The molecule has 5 rings (SSSR count). The lowest BCUT2D eigenvalue weighted by atomic mass is 10.1. The maximum atomic E-state index is 13.6. The zero-order valence-corrected chi connectivity index (χ0v) is 22.9. The largest absolute Gasteiger partial charge is 0.437 e. The second kappa shape index (κ2) is 11.3. The second-order valence-corrected chi connectivity index (χ2v) is 11.1. The maximum Gasteiger partial charge on any atom is 0.433 e. The Morgan fingerprint density at radius 1 is 1.20 bits per heavy atom. The number of alkyl halides is 3. The Labute approximate surface area is 232 Å². The number of amides is 1. The number of carbonyl (C=O) groups is 1. The number of anilines is 2. The molecule has 0 unspecified atom stereocenters. The van der Waals surface area contributed by atoms with Gasteiger partial charge in [-0.15, -0.1) is 0 Å². The monoisotopic (exact) mass is 571 g/mol. The third-order valence-corrected chi connectivity index (χ3v) is 7.16. The van der Waals surface area contributed by atoms with Crippen molar-refractivity contribution in [3.63, 3.8) is 0 Å². The molecule has 0 bridgehead atoms. The van der Waals surface area contributed by atoms with E-state index >= 15 is 0 Å². The third-order valence-electron chi connectivity index (χ3n) is 6.22. The van der Waals surface area contributed by atoms with Gasteiger partial charge in [0.1, 0.15) is 23.4 Å². The number of halogens is 3. The molecule has 1 aliphatic heterocycles. The van der Waals surface area contributed by atoms with Crippen LogP contribution in [-0.2, 0) is 11.0 Å². The van der Waals surface area contributed by atoms with Crippen LogP contribution in [0.4, 0.5) is 24.1 Å². The van der Waals surface area contributed by atoms with Crippen molar-refractivity contribution in [1.82, 2.24) is 24.8 Å². The molecule has 0 spiro atoms. The van der Waals surface area contributed by atoms with Crippen LogP contribution < -0.4 is 15.4 Å². The Morgan fingerprint density at radius 3 is 2.77 bits per heavy atom. The minimum absolute atomic E-state index is 0.0499. The fourth-order valence-corrected chi connectivity index (χ4v) is 5.55. The van der Waals surface area contributed by atoms with Gasteiger partial charge in [-0.05, 0) is 36.6 Å². The van der Waals surface area contributed by atoms with Crippen molar-refractivity contribution in [3.05, 3.63) is 48.4 Å². The number of aromatic nitrogens is 4. The van der Waals surface area contributed by atoms with Gasteiger partial charge in [0.05, 0.1) is 10.4 Å². The number of fused-ring (bicyclic) bond motifs is 1. The second-order valence-electron chi connectivity index (χ2n) is 10.0. The number of ether oxygens (including phenoxy) is 1. The number of hydrogen-bond donors (Lipinski definition) is 2. The quantitative estimate of drug-likeness (QED) is 0.263. The number of para-hydroxylation sites is 1. The smallest absolute Gasteiger partial charge is 0.433 e. The van der Waals surface area contributed by atoms with Crippen molar-refractivity contribution in [1.29, 1.82) is 0 Å². The Bertz CT molecular complexity index is 1530. The summed E-state index contributed by atoms with van der Waals surface area (Å²) in [5.74, 6) is 0.961. The number of nitrogens with zero attached hydrogens (tertiary/aromatic N) is 5. The number of thiazole rings is 1. The van der Waals surface area contributed by atoms with Crippen molar-refractivity contribution in [3.8, 4) is 22.9 Å². The van der Waals surface area contributed by atoms with Crippen molar-refractivity contribution in [2.75, 3.05) is 30.3 Å². The molecule has 1 amide bonds. The van der Waals surface area contributed by atoms with Gasteiger partial charge in [-0.3, -0.25) is 4.79 Å². The van der Waals surface area contributed by atoms with Gasteiger partial charge in [0.2, 0.25) is 11.8 Å². The number of pyridine rings is 1. The third kappa shape index (κ3) is 6.48. The predicted octanol–water partition coefficient (Wildman–Crippen LogP) is 6.06. The first kappa shape index (κ1) is 27.7. The van der Waals surface area contributed by atoms with E-state index in [1.807, 2.05) is 6.07 Å². The van der Waals surface area contributed by atoms with Crippen LogP contribution in [0.2, 0.25) is 0 Å². The standard InChI is InChI=1S/C27H28F3N7O2S/c1-15(2)12-37-10-9-17(13-37)34-25-18(7-8-22(35-25)27(28,29)30)19-11-23(32-14-31-19)39-20-5-4-6-21-24(20)36-26(40-21)33-16(3)38/h4-8,11,14-15,17H,9-10,12-13H2,1-3H3,(H,34,35)(H,33,36,38)/t17-/m1/s1. The van der Waals surface area contributed by atoms with E-state index < -0.39 is 11.9 Å². The topological polar surface area (TPSA) is 105 Å². The summed E-state index contributed by atoms with van der Waals surface area (Å²) in [6.07, 6.45) is -2.51. The molecular formula is C27H28F3N7O2S. The van der Waals surface area contributed by atoms with E-state index in [1.165, 1.54) is 30.7 Å². The summed E-state index contributed by atoms with van der Waals surface area (Å²) < 4.78 is 47.5. The highest BCUT2D eigenvalue weighted by molar-refractivity contribution is 7.22. The van der Waals surface area contributed by atoms with E-state index in [-0.39, 0.29) is 23.6 Å². The molecule has 13 heteroatoms. The first-order chi connectivity index (χ1) is 19.0. The normalized spacial score (nSPS) is 16.0. The van der Waals surface area contributed by atoms with Crippen molar-refractivity contribution in [2.24, 2.45) is 5.92 Å². The van der Waals surface area contributed by atoms with Gasteiger partial charge < -0.3 is 20.3 Å². The zero-order chi connectivity index (χ0) is 28.4. The summed E-state index contributed by atoms with van der Waals surface area (Å²) in [5, 5.41) is 6.34. The van der Waals surface area contributed by atoms with E-state index in [0.717, 1.165) is 30.3 Å². The fourth-order valence-electron chi connectivity index (χ4n) is 4.62. The van der Waals surface area contributed by atoms with Gasteiger partial charge in [0.15, 0.2) is 10.9 Å². The lowest BCUT2D eigenvalue weighted by Crippen LogP contribution is -2.29. The number of nitrogens with one attached hydrogen (secondary N) is 2. The van der Waals surface area contributed by atoms with Gasteiger partial charge >= 0.3 is 6.18 Å². The molecule has 0 aliphatic carbocycles. The average Bonchev–Trinajstić information content (AvgIpc) is 3.49. The van der Waals surface area contributed by atoms with Crippen LogP contribution in [0, 0.1) is 5.92 Å². The number of hydrogen-bond acceptors (Lipinski definition) is 9. The van der Waals surface area contributed by atoms with Crippen LogP contribution in [-0.4, -0.2) is 56.4 Å². The molecule has 9 nitrogen and oxygen atoms in total. The Morgan fingerprint density at radius 2 is 2.02 bits per heavy atom. The SMILES string of the molecule is CC(=O)Nc1nc2c(Oc3cc(-c4ccc(C(F)(F)F)nc4N[C@@H]4CCN(CC(C)C)C4)ncn3)cccc2s1. The van der Waals surface area contributed by atoms with E-state index in [2.05, 4.69) is 49.3 Å². The average molecular weight is 572 g/mol. The molecule has 3 aromatic heterocycles. The van der Waals surface area contributed by atoms with Gasteiger partial charge in [-0.1, -0.05) is 31.3 Å². The minimum atomic E-state index is -4.59.